The minimum atomic E-state index is -5.49. The molecule has 0 aromatic heterocycles. The molecule has 0 aliphatic heterocycles. The van der Waals surface area contributed by atoms with Crippen LogP contribution in [-0.4, -0.2) is 6.36 Å². The van der Waals surface area contributed by atoms with Gasteiger partial charge in [-0.25, -0.2) is 22.0 Å². The minimum absolute atomic E-state index is 0.0652. The lowest BCUT2D eigenvalue weighted by Gasteiger charge is -2.38. The summed E-state index contributed by atoms with van der Waals surface area (Å²) in [6.07, 6.45) is 5.20. The molecule has 2 fully saturated rings. The lowest BCUT2D eigenvalue weighted by molar-refractivity contribution is -0.276. The Hall–Kier alpha value is -3.70. The van der Waals surface area contributed by atoms with E-state index in [4.69, 9.17) is 0 Å². The Morgan fingerprint density at radius 3 is 1.78 bits per heavy atom. The molecule has 3 aromatic rings. The first-order chi connectivity index (χ1) is 23.1. The van der Waals surface area contributed by atoms with Crippen LogP contribution in [0.4, 0.5) is 43.9 Å². The van der Waals surface area contributed by atoms with E-state index in [1.807, 2.05) is 6.92 Å². The molecule has 2 aliphatic carbocycles. The first kappa shape index (κ1) is 36.6. The number of ether oxygens (including phenoxy) is 2. The van der Waals surface area contributed by atoms with Crippen LogP contribution in [0.15, 0.2) is 54.6 Å². The van der Waals surface area contributed by atoms with Crippen molar-refractivity contribution in [1.82, 2.24) is 0 Å². The summed E-state index contributed by atoms with van der Waals surface area (Å²) in [6, 6.07) is 5.10. The van der Waals surface area contributed by atoms with Gasteiger partial charge in [-0.05, 0) is 111 Å². The number of rotatable bonds is 10. The lowest BCUT2D eigenvalue weighted by Crippen LogP contribution is -2.25. The lowest BCUT2D eigenvalue weighted by atomic mass is 9.68. The summed E-state index contributed by atoms with van der Waals surface area (Å²) in [5, 5.41) is 0. The van der Waals surface area contributed by atoms with E-state index >= 15 is 4.39 Å². The first-order valence-corrected chi connectivity index (χ1v) is 16.4. The molecule has 0 spiro atoms. The molecule has 2 nitrogen and oxygen atoms in total. The molecule has 0 radical (unpaired) electrons. The molecule has 2 aliphatic rings. The van der Waals surface area contributed by atoms with Gasteiger partial charge in [0, 0.05) is 17.7 Å². The molecule has 2 saturated carbocycles. The molecule has 0 bridgehead atoms. The van der Waals surface area contributed by atoms with Crippen molar-refractivity contribution in [2.45, 2.75) is 89.5 Å². The molecule has 12 heteroatoms. The molecule has 49 heavy (non-hydrogen) atoms. The normalized spacial score (nSPS) is 22.0. The van der Waals surface area contributed by atoms with Crippen LogP contribution >= 0.6 is 0 Å². The second kappa shape index (κ2) is 15.0. The number of allylic oxidation sites excluding steroid dienone is 2. The van der Waals surface area contributed by atoms with Gasteiger partial charge in [-0.3, -0.25) is 0 Å². The van der Waals surface area contributed by atoms with Crippen molar-refractivity contribution in [3.63, 3.8) is 0 Å². The summed E-state index contributed by atoms with van der Waals surface area (Å²) < 4.78 is 147. The van der Waals surface area contributed by atoms with E-state index < -0.39 is 58.6 Å². The molecule has 3 aromatic carbocycles. The zero-order valence-electron chi connectivity index (χ0n) is 26.7. The first-order valence-electron chi connectivity index (χ1n) is 16.4. The van der Waals surface area contributed by atoms with Crippen LogP contribution in [-0.2, 0) is 6.11 Å². The van der Waals surface area contributed by atoms with Gasteiger partial charge in [-0.2, -0.15) is 8.78 Å². The maximum atomic E-state index is 15.3. The molecule has 0 heterocycles. The van der Waals surface area contributed by atoms with Crippen molar-refractivity contribution in [2.24, 2.45) is 17.8 Å². The SMILES string of the molecule is CC=CCCC1CCC(C2CCC(c3ccc(-c4cc(F)c(C(F)(F)Oc5cc(F)c(OC(F)(F)F)c(F)c5)c(F)c4)c(F)c3)CC2)CC1. The smallest absolute Gasteiger partial charge is 0.429 e. The summed E-state index contributed by atoms with van der Waals surface area (Å²) in [7, 11) is 0. The number of benzene rings is 3. The van der Waals surface area contributed by atoms with Gasteiger partial charge in [0.25, 0.3) is 0 Å². The monoisotopic (exact) mass is 702 g/mol. The maximum absolute atomic E-state index is 15.3. The molecule has 5 rings (SSSR count). The zero-order chi connectivity index (χ0) is 35.5. The van der Waals surface area contributed by atoms with E-state index in [1.54, 1.807) is 6.07 Å². The van der Waals surface area contributed by atoms with Crippen molar-refractivity contribution in [2.75, 3.05) is 0 Å². The summed E-state index contributed by atoms with van der Waals surface area (Å²) >= 11 is 0. The van der Waals surface area contributed by atoms with Crippen LogP contribution in [0.1, 0.15) is 88.2 Å². The van der Waals surface area contributed by atoms with Crippen molar-refractivity contribution < 1.29 is 53.4 Å². The largest absolute Gasteiger partial charge is 0.573 e. The summed E-state index contributed by atoms with van der Waals surface area (Å²) in [6.45, 7) is 2.04. The van der Waals surface area contributed by atoms with Crippen LogP contribution in [0.5, 0.6) is 11.5 Å². The third kappa shape index (κ3) is 8.91. The van der Waals surface area contributed by atoms with Gasteiger partial charge in [-0.1, -0.05) is 37.1 Å². The van der Waals surface area contributed by atoms with Crippen molar-refractivity contribution in [3.05, 3.63) is 94.8 Å². The van der Waals surface area contributed by atoms with Crippen molar-refractivity contribution in [3.8, 4) is 22.6 Å². The van der Waals surface area contributed by atoms with Gasteiger partial charge < -0.3 is 9.47 Å². The molecule has 0 amide bonds. The molecule has 0 atom stereocenters. The van der Waals surface area contributed by atoms with E-state index in [-0.39, 0.29) is 29.2 Å². The Morgan fingerprint density at radius 1 is 0.673 bits per heavy atom. The van der Waals surface area contributed by atoms with Crippen LogP contribution in [0.2, 0.25) is 0 Å². The second-order valence-corrected chi connectivity index (χ2v) is 13.0. The predicted molar refractivity (Wildman–Crippen MR) is 164 cm³/mol. The highest BCUT2D eigenvalue weighted by Crippen LogP contribution is 2.45. The number of alkyl halides is 5. The Morgan fingerprint density at radius 2 is 1.24 bits per heavy atom. The second-order valence-electron chi connectivity index (χ2n) is 13.0. The van der Waals surface area contributed by atoms with Crippen molar-refractivity contribution >= 4 is 0 Å². The molecule has 0 unspecified atom stereocenters. The van der Waals surface area contributed by atoms with E-state index in [2.05, 4.69) is 21.6 Å². The van der Waals surface area contributed by atoms with Crippen LogP contribution in [0, 0.1) is 46.8 Å². The van der Waals surface area contributed by atoms with Gasteiger partial charge in [0.2, 0.25) is 5.75 Å². The maximum Gasteiger partial charge on any atom is 0.573 e. The highest BCUT2D eigenvalue weighted by molar-refractivity contribution is 5.65. The van der Waals surface area contributed by atoms with Gasteiger partial charge in [0.05, 0.1) is 0 Å². The van der Waals surface area contributed by atoms with E-state index in [9.17, 15) is 39.5 Å². The Labute approximate surface area is 278 Å². The Bertz CT molecular complexity index is 1590. The van der Waals surface area contributed by atoms with Gasteiger partial charge in [-0.15, -0.1) is 13.2 Å². The third-order valence-electron chi connectivity index (χ3n) is 9.85. The average Bonchev–Trinajstić information content (AvgIpc) is 3.02. The fourth-order valence-electron chi connectivity index (χ4n) is 7.40. The summed E-state index contributed by atoms with van der Waals surface area (Å²) in [4.78, 5) is 0. The number of hydrogen-bond donors (Lipinski definition) is 0. The Balaban J connectivity index is 1.23. The fourth-order valence-corrected chi connectivity index (χ4v) is 7.40. The van der Waals surface area contributed by atoms with Crippen LogP contribution in [0.3, 0.4) is 0 Å². The third-order valence-corrected chi connectivity index (χ3v) is 9.85. The van der Waals surface area contributed by atoms with Crippen LogP contribution < -0.4 is 9.47 Å². The fraction of sp³-hybridized carbons (Fsp3) is 0.459. The highest BCUT2D eigenvalue weighted by atomic mass is 19.4. The quantitative estimate of drug-likeness (QED) is 0.155. The van der Waals surface area contributed by atoms with Gasteiger partial charge >= 0.3 is 12.5 Å². The zero-order valence-corrected chi connectivity index (χ0v) is 26.7. The molecule has 266 valence electrons. The topological polar surface area (TPSA) is 18.5 Å². The van der Waals surface area contributed by atoms with Crippen LogP contribution in [0.25, 0.3) is 11.1 Å². The molecule has 0 N–H and O–H groups in total. The Kier molecular flexibility index (Phi) is 11.2. The van der Waals surface area contributed by atoms with Gasteiger partial charge in [0.1, 0.15) is 28.8 Å². The number of halogens is 10. The summed E-state index contributed by atoms with van der Waals surface area (Å²) in [5.74, 6) is -9.66. The van der Waals surface area contributed by atoms with E-state index in [1.165, 1.54) is 44.2 Å². The highest BCUT2D eigenvalue weighted by Gasteiger charge is 2.42. The van der Waals surface area contributed by atoms with E-state index in [0.717, 1.165) is 43.6 Å². The number of hydrogen-bond acceptors (Lipinski definition) is 2. The molecule has 0 saturated heterocycles. The minimum Gasteiger partial charge on any atom is -0.429 e. The van der Waals surface area contributed by atoms with E-state index in [0.29, 0.717) is 24.0 Å². The predicted octanol–water partition coefficient (Wildman–Crippen LogP) is 12.5. The average molecular weight is 703 g/mol. The van der Waals surface area contributed by atoms with Gasteiger partial charge in [0.15, 0.2) is 11.6 Å². The molecular formula is C37H36F10O2. The summed E-state index contributed by atoms with van der Waals surface area (Å²) in [5.41, 5.74) is -1.82. The molecular weight excluding hydrogens is 666 g/mol. The van der Waals surface area contributed by atoms with Crippen molar-refractivity contribution in [1.29, 1.82) is 0 Å². The standard InChI is InChI=1S/C37H36F10O2/c1-2-3-4-5-21-6-8-22(9-7-21)23-10-12-24(13-11-23)25-14-15-28(29(38)16-25)26-17-30(39)34(31(40)18-26)36(43,44)48-27-19-32(41)35(33(42)20-27)49-37(45,46)47/h2-3,14-24H,4-13H2,1H3.